The highest BCUT2D eigenvalue weighted by atomic mass is 35.5. The monoisotopic (exact) mass is 377 g/mol. The molecule has 2 aromatic rings. The number of nitrogens with one attached hydrogen (secondary N) is 1. The van der Waals surface area contributed by atoms with Crippen LogP contribution in [0, 0.1) is 0 Å². The van der Waals surface area contributed by atoms with Gasteiger partial charge in [-0.25, -0.2) is 0 Å². The van der Waals surface area contributed by atoms with E-state index in [0.29, 0.717) is 30.5 Å². The van der Waals surface area contributed by atoms with Gasteiger partial charge < -0.3 is 19.4 Å². The second kappa shape index (κ2) is 9.07. The number of hydrogen-bond donors (Lipinski definition) is 1. The number of aryl methyl sites for hydroxylation is 1. The molecule has 1 unspecified atom stereocenters. The Hall–Kier alpha value is -2.02. The molecule has 140 valence electrons. The number of carbonyl (C=O) groups is 1. The van der Waals surface area contributed by atoms with E-state index < -0.39 is 0 Å². The third-order valence-corrected chi connectivity index (χ3v) is 4.74. The van der Waals surface area contributed by atoms with E-state index in [1.54, 1.807) is 24.3 Å². The summed E-state index contributed by atoms with van der Waals surface area (Å²) in [7, 11) is 2.02. The molecule has 1 aromatic carbocycles. The number of morpholine rings is 1. The zero-order chi connectivity index (χ0) is 18.4. The molecule has 1 aliphatic rings. The molecule has 0 radical (unpaired) electrons. The van der Waals surface area contributed by atoms with Crippen LogP contribution < -0.4 is 10.1 Å². The standard InChI is InChI=1S/C19H24ClN3O3/c1-22-8-2-3-17(22)18(23-9-11-25-12-10-23)13-21-19(24)14-26-16-6-4-15(20)5-7-16/h2-8,18H,9-14H2,1H3,(H,21,24). The molecule has 0 saturated carbocycles. The fourth-order valence-electron chi connectivity index (χ4n) is 3.07. The Kier molecular flexibility index (Phi) is 6.55. The van der Waals surface area contributed by atoms with E-state index >= 15 is 0 Å². The molecule has 1 aliphatic heterocycles. The highest BCUT2D eigenvalue weighted by molar-refractivity contribution is 6.30. The Balaban J connectivity index is 1.55. The second-order valence-electron chi connectivity index (χ2n) is 6.25. The molecule has 1 N–H and O–H groups in total. The predicted molar refractivity (Wildman–Crippen MR) is 101 cm³/mol. The molecule has 1 atom stereocenters. The first-order chi connectivity index (χ1) is 12.6. The van der Waals surface area contributed by atoms with Crippen LogP contribution in [-0.2, 0) is 16.6 Å². The van der Waals surface area contributed by atoms with Crippen LogP contribution in [0.1, 0.15) is 11.7 Å². The van der Waals surface area contributed by atoms with Gasteiger partial charge in [0.1, 0.15) is 5.75 Å². The summed E-state index contributed by atoms with van der Waals surface area (Å²) in [6.45, 7) is 3.65. The van der Waals surface area contributed by atoms with Crippen LogP contribution >= 0.6 is 11.6 Å². The van der Waals surface area contributed by atoms with Gasteiger partial charge in [-0.3, -0.25) is 9.69 Å². The van der Waals surface area contributed by atoms with E-state index in [-0.39, 0.29) is 18.6 Å². The number of amides is 1. The highest BCUT2D eigenvalue weighted by Gasteiger charge is 2.24. The molecule has 0 bridgehead atoms. The van der Waals surface area contributed by atoms with Gasteiger partial charge in [0, 0.05) is 43.6 Å². The smallest absolute Gasteiger partial charge is 0.258 e. The first kappa shape index (κ1) is 18.8. The molecule has 2 heterocycles. The first-order valence-electron chi connectivity index (χ1n) is 8.71. The van der Waals surface area contributed by atoms with Gasteiger partial charge in [0.25, 0.3) is 5.91 Å². The SMILES string of the molecule is Cn1cccc1C(CNC(=O)COc1ccc(Cl)cc1)N1CCOCC1. The molecule has 0 aliphatic carbocycles. The van der Waals surface area contributed by atoms with Crippen molar-refractivity contribution in [1.29, 1.82) is 0 Å². The molecule has 3 rings (SSSR count). The zero-order valence-corrected chi connectivity index (χ0v) is 15.6. The number of rotatable bonds is 7. The van der Waals surface area contributed by atoms with Crippen molar-refractivity contribution >= 4 is 17.5 Å². The number of ether oxygens (including phenoxy) is 2. The van der Waals surface area contributed by atoms with Gasteiger partial charge in [-0.15, -0.1) is 0 Å². The summed E-state index contributed by atoms with van der Waals surface area (Å²) in [4.78, 5) is 14.6. The van der Waals surface area contributed by atoms with E-state index in [4.69, 9.17) is 21.1 Å². The van der Waals surface area contributed by atoms with Crippen molar-refractivity contribution in [3.63, 3.8) is 0 Å². The summed E-state index contributed by atoms with van der Waals surface area (Å²) in [6, 6.07) is 11.2. The topological polar surface area (TPSA) is 55.7 Å². The van der Waals surface area contributed by atoms with Crippen molar-refractivity contribution in [2.45, 2.75) is 6.04 Å². The lowest BCUT2D eigenvalue weighted by Gasteiger charge is -2.34. The molecule has 1 saturated heterocycles. The minimum absolute atomic E-state index is 0.0232. The summed E-state index contributed by atoms with van der Waals surface area (Å²) in [5.41, 5.74) is 1.17. The molecule has 1 aromatic heterocycles. The van der Waals surface area contributed by atoms with Crippen LogP contribution in [0.4, 0.5) is 0 Å². The van der Waals surface area contributed by atoms with Crippen LogP contribution in [0.25, 0.3) is 0 Å². The fourth-order valence-corrected chi connectivity index (χ4v) is 3.20. The molecule has 1 fully saturated rings. The normalized spacial score (nSPS) is 16.2. The fraction of sp³-hybridized carbons (Fsp3) is 0.421. The highest BCUT2D eigenvalue weighted by Crippen LogP contribution is 2.21. The molecule has 7 heteroatoms. The van der Waals surface area contributed by atoms with Gasteiger partial charge in [0.15, 0.2) is 6.61 Å². The predicted octanol–water partition coefficient (Wildman–Crippen LogP) is 2.25. The lowest BCUT2D eigenvalue weighted by atomic mass is 10.1. The third kappa shape index (κ3) is 5.00. The quantitative estimate of drug-likeness (QED) is 0.804. The van der Waals surface area contributed by atoms with E-state index in [9.17, 15) is 4.79 Å². The van der Waals surface area contributed by atoms with Gasteiger partial charge in [0.05, 0.1) is 19.3 Å². The minimum Gasteiger partial charge on any atom is -0.484 e. The Bertz CT molecular complexity index is 711. The number of benzene rings is 1. The van der Waals surface area contributed by atoms with E-state index in [1.807, 2.05) is 19.3 Å². The molecule has 0 spiro atoms. The summed E-state index contributed by atoms with van der Waals surface area (Å²) >= 11 is 5.84. The molecular weight excluding hydrogens is 354 g/mol. The van der Waals surface area contributed by atoms with Crippen LogP contribution in [0.3, 0.4) is 0 Å². The van der Waals surface area contributed by atoms with E-state index in [2.05, 4.69) is 20.9 Å². The Labute approximate surface area is 158 Å². The van der Waals surface area contributed by atoms with Crippen LogP contribution in [0.2, 0.25) is 5.02 Å². The van der Waals surface area contributed by atoms with Crippen molar-refractivity contribution < 1.29 is 14.3 Å². The largest absolute Gasteiger partial charge is 0.484 e. The Morgan fingerprint density at radius 2 is 2.00 bits per heavy atom. The molecule has 1 amide bonds. The zero-order valence-electron chi connectivity index (χ0n) is 14.9. The van der Waals surface area contributed by atoms with Crippen LogP contribution in [-0.4, -0.2) is 54.8 Å². The Morgan fingerprint density at radius 1 is 1.27 bits per heavy atom. The average Bonchev–Trinajstić information content (AvgIpc) is 3.08. The molecule has 6 nitrogen and oxygen atoms in total. The summed E-state index contributed by atoms with van der Waals surface area (Å²) in [5, 5.41) is 3.63. The van der Waals surface area contributed by atoms with E-state index in [1.165, 1.54) is 5.69 Å². The summed E-state index contributed by atoms with van der Waals surface area (Å²) in [5.74, 6) is 0.476. The van der Waals surface area contributed by atoms with Gasteiger partial charge in [0.2, 0.25) is 0 Å². The molecule has 26 heavy (non-hydrogen) atoms. The van der Waals surface area contributed by atoms with Crippen LogP contribution in [0.5, 0.6) is 5.75 Å². The molecular formula is C19H24ClN3O3. The second-order valence-corrected chi connectivity index (χ2v) is 6.69. The van der Waals surface area contributed by atoms with Gasteiger partial charge in [-0.1, -0.05) is 11.6 Å². The number of hydrogen-bond acceptors (Lipinski definition) is 4. The lowest BCUT2D eigenvalue weighted by molar-refractivity contribution is -0.123. The van der Waals surface area contributed by atoms with Crippen LogP contribution in [0.15, 0.2) is 42.6 Å². The summed E-state index contributed by atoms with van der Waals surface area (Å²) in [6.07, 6.45) is 2.02. The van der Waals surface area contributed by atoms with E-state index in [0.717, 1.165) is 13.1 Å². The summed E-state index contributed by atoms with van der Waals surface area (Å²) < 4.78 is 13.1. The third-order valence-electron chi connectivity index (χ3n) is 4.49. The van der Waals surface area contributed by atoms with Gasteiger partial charge >= 0.3 is 0 Å². The van der Waals surface area contributed by atoms with Gasteiger partial charge in [-0.2, -0.15) is 0 Å². The maximum atomic E-state index is 12.2. The van der Waals surface area contributed by atoms with Crippen molar-refractivity contribution in [1.82, 2.24) is 14.8 Å². The first-order valence-corrected chi connectivity index (χ1v) is 9.09. The number of carbonyl (C=O) groups excluding carboxylic acids is 1. The maximum Gasteiger partial charge on any atom is 0.258 e. The number of nitrogens with zero attached hydrogens (tertiary/aromatic N) is 2. The van der Waals surface area contributed by atoms with Crippen molar-refractivity contribution in [2.75, 3.05) is 39.5 Å². The maximum absolute atomic E-state index is 12.2. The number of halogens is 1. The number of aromatic nitrogens is 1. The van der Waals surface area contributed by atoms with Gasteiger partial charge in [-0.05, 0) is 36.4 Å². The Morgan fingerprint density at radius 3 is 2.65 bits per heavy atom. The average molecular weight is 378 g/mol. The van der Waals surface area contributed by atoms with Crippen molar-refractivity contribution in [3.05, 3.63) is 53.3 Å². The van der Waals surface area contributed by atoms with Crippen molar-refractivity contribution in [2.24, 2.45) is 7.05 Å². The van der Waals surface area contributed by atoms with Crippen molar-refractivity contribution in [3.8, 4) is 5.75 Å². The lowest BCUT2D eigenvalue weighted by Crippen LogP contribution is -2.45. The minimum atomic E-state index is -0.146.